The first-order valence-corrected chi connectivity index (χ1v) is 9.32. The van der Waals surface area contributed by atoms with E-state index in [-0.39, 0.29) is 34.9 Å². The van der Waals surface area contributed by atoms with Crippen LogP contribution in [0.5, 0.6) is 0 Å². The third-order valence-corrected chi connectivity index (χ3v) is 4.98. The summed E-state index contributed by atoms with van der Waals surface area (Å²) in [5, 5.41) is 12.1. The second kappa shape index (κ2) is 7.82. The minimum atomic E-state index is -4.51. The fraction of sp³-hybridized carbons (Fsp3) is 0.143. The first kappa shape index (κ1) is 21.1. The molecule has 162 valence electrons. The number of benzene rings is 1. The van der Waals surface area contributed by atoms with E-state index in [4.69, 9.17) is 5.73 Å². The molecule has 0 fully saturated rings. The molecule has 1 aliphatic rings. The van der Waals surface area contributed by atoms with Crippen LogP contribution in [0.3, 0.4) is 0 Å². The fourth-order valence-electron chi connectivity index (χ4n) is 3.49. The van der Waals surface area contributed by atoms with E-state index in [0.717, 1.165) is 12.1 Å². The predicted octanol–water partition coefficient (Wildman–Crippen LogP) is 3.14. The van der Waals surface area contributed by atoms with Crippen LogP contribution >= 0.6 is 0 Å². The van der Waals surface area contributed by atoms with Gasteiger partial charge < -0.3 is 20.5 Å². The molecule has 0 saturated carbocycles. The molecule has 8 nitrogen and oxygen atoms in total. The molecule has 2 aromatic heterocycles. The predicted molar refractivity (Wildman–Crippen MR) is 108 cm³/mol. The van der Waals surface area contributed by atoms with Crippen molar-refractivity contribution in [3.63, 3.8) is 0 Å². The second-order valence-electron chi connectivity index (χ2n) is 7.00. The summed E-state index contributed by atoms with van der Waals surface area (Å²) in [6.45, 7) is -0.0729. The van der Waals surface area contributed by atoms with E-state index in [1.807, 2.05) is 6.07 Å². The Kier molecular flexibility index (Phi) is 5.15. The summed E-state index contributed by atoms with van der Waals surface area (Å²) in [7, 11) is 0. The molecule has 0 saturated heterocycles. The number of carbonyl (C=O) groups is 2. The molecule has 32 heavy (non-hydrogen) atoms. The third-order valence-electron chi connectivity index (χ3n) is 4.98. The molecule has 0 radical (unpaired) electrons. The van der Waals surface area contributed by atoms with Crippen LogP contribution in [0.2, 0.25) is 0 Å². The van der Waals surface area contributed by atoms with Gasteiger partial charge >= 0.3 is 6.18 Å². The lowest BCUT2D eigenvalue weighted by atomic mass is 10.1. The van der Waals surface area contributed by atoms with Gasteiger partial charge in [0, 0.05) is 18.1 Å². The van der Waals surface area contributed by atoms with Crippen LogP contribution in [0.4, 0.5) is 24.5 Å². The van der Waals surface area contributed by atoms with Crippen molar-refractivity contribution < 1.29 is 22.8 Å². The van der Waals surface area contributed by atoms with E-state index >= 15 is 0 Å². The Morgan fingerprint density at radius 2 is 1.97 bits per heavy atom. The van der Waals surface area contributed by atoms with Crippen molar-refractivity contribution in [3.05, 3.63) is 77.4 Å². The Morgan fingerprint density at radius 3 is 2.56 bits per heavy atom. The molecule has 3 heterocycles. The summed E-state index contributed by atoms with van der Waals surface area (Å²) in [5.41, 5.74) is 5.85. The van der Waals surface area contributed by atoms with Gasteiger partial charge in [0.1, 0.15) is 23.6 Å². The van der Waals surface area contributed by atoms with Crippen LogP contribution in [-0.2, 0) is 6.18 Å². The number of nitrogens with one attached hydrogen (secondary N) is 1. The zero-order valence-corrected chi connectivity index (χ0v) is 16.3. The molecule has 0 aliphatic carbocycles. The third kappa shape index (κ3) is 3.67. The highest BCUT2D eigenvalue weighted by atomic mass is 19.4. The van der Waals surface area contributed by atoms with Gasteiger partial charge in [-0.1, -0.05) is 0 Å². The molecule has 3 N–H and O–H groups in total. The Balaban J connectivity index is 1.71. The quantitative estimate of drug-likeness (QED) is 0.649. The highest BCUT2D eigenvalue weighted by Crippen LogP contribution is 2.34. The summed E-state index contributed by atoms with van der Waals surface area (Å²) < 4.78 is 39.9. The Bertz CT molecular complexity index is 1230. The maximum atomic E-state index is 13.3. The van der Waals surface area contributed by atoms with Gasteiger partial charge in [0.05, 0.1) is 23.4 Å². The number of hydrogen-bond donors (Lipinski definition) is 2. The summed E-state index contributed by atoms with van der Waals surface area (Å²) in [6, 6.07) is 10.4. The van der Waals surface area contributed by atoms with Crippen LogP contribution < -0.4 is 16.0 Å². The number of nitrogens with two attached hydrogens (primary N) is 1. The monoisotopic (exact) mass is 440 g/mol. The SMILES string of the molecule is N#Cc1cc(NC(=O)c2cccnc2)c2n1[C@@H](N)CN(c1ccc(C(F)(F)F)cc1)C2=O. The number of hydrogen-bond acceptors (Lipinski definition) is 5. The highest BCUT2D eigenvalue weighted by molar-refractivity contribution is 6.13. The molecule has 1 aromatic carbocycles. The van der Waals surface area contributed by atoms with Gasteiger partial charge in [0.25, 0.3) is 11.8 Å². The number of nitrogens with zero attached hydrogens (tertiary/aromatic N) is 4. The minimum Gasteiger partial charge on any atom is -0.320 e. The molecule has 2 amide bonds. The summed E-state index contributed by atoms with van der Waals surface area (Å²) in [4.78, 5) is 30.9. The van der Waals surface area contributed by atoms with Crippen molar-refractivity contribution >= 4 is 23.2 Å². The van der Waals surface area contributed by atoms with Gasteiger partial charge in [0.15, 0.2) is 0 Å². The van der Waals surface area contributed by atoms with E-state index in [1.54, 1.807) is 6.07 Å². The topological polar surface area (TPSA) is 117 Å². The molecule has 11 heteroatoms. The molecule has 0 spiro atoms. The summed E-state index contributed by atoms with van der Waals surface area (Å²) in [5.74, 6) is -1.17. The van der Waals surface area contributed by atoms with Gasteiger partial charge in [-0.05, 0) is 42.5 Å². The second-order valence-corrected chi connectivity index (χ2v) is 7.00. The lowest BCUT2D eigenvalue weighted by Crippen LogP contribution is -2.46. The van der Waals surface area contributed by atoms with Crippen LogP contribution in [-0.4, -0.2) is 27.9 Å². The number of fused-ring (bicyclic) bond motifs is 1. The van der Waals surface area contributed by atoms with Gasteiger partial charge in [0.2, 0.25) is 0 Å². The van der Waals surface area contributed by atoms with Gasteiger partial charge in [-0.2, -0.15) is 18.4 Å². The zero-order valence-electron chi connectivity index (χ0n) is 16.3. The normalized spacial score (nSPS) is 15.8. The van der Waals surface area contributed by atoms with E-state index in [2.05, 4.69) is 10.3 Å². The Morgan fingerprint density at radius 1 is 1.25 bits per heavy atom. The number of anilines is 2. The number of aromatic nitrogens is 2. The smallest absolute Gasteiger partial charge is 0.320 e. The summed E-state index contributed by atoms with van der Waals surface area (Å²) in [6.07, 6.45) is -2.54. The van der Waals surface area contributed by atoms with E-state index in [1.165, 1.54) is 46.1 Å². The maximum absolute atomic E-state index is 13.3. The van der Waals surface area contributed by atoms with Crippen LogP contribution in [0.1, 0.15) is 38.3 Å². The zero-order chi connectivity index (χ0) is 23.0. The van der Waals surface area contributed by atoms with Gasteiger partial charge in [-0.3, -0.25) is 14.6 Å². The maximum Gasteiger partial charge on any atom is 0.416 e. The first-order valence-electron chi connectivity index (χ1n) is 9.32. The number of halogens is 3. The minimum absolute atomic E-state index is 0.0440. The van der Waals surface area contributed by atoms with Gasteiger partial charge in [-0.15, -0.1) is 0 Å². The largest absolute Gasteiger partial charge is 0.416 e. The number of carbonyl (C=O) groups excluding carboxylic acids is 2. The fourth-order valence-corrected chi connectivity index (χ4v) is 3.49. The van der Waals surface area contributed by atoms with Crippen molar-refractivity contribution in [1.29, 1.82) is 5.26 Å². The molecular weight excluding hydrogens is 425 g/mol. The van der Waals surface area contributed by atoms with E-state index in [9.17, 15) is 28.0 Å². The van der Waals surface area contributed by atoms with Crippen molar-refractivity contribution in [1.82, 2.24) is 9.55 Å². The average Bonchev–Trinajstić information content (AvgIpc) is 3.15. The first-order chi connectivity index (χ1) is 15.2. The van der Waals surface area contributed by atoms with Crippen molar-refractivity contribution in [2.45, 2.75) is 12.3 Å². The van der Waals surface area contributed by atoms with Gasteiger partial charge in [-0.25, -0.2) is 0 Å². The lowest BCUT2D eigenvalue weighted by molar-refractivity contribution is -0.137. The number of amides is 2. The van der Waals surface area contributed by atoms with Crippen LogP contribution in [0, 0.1) is 11.3 Å². The summed E-state index contributed by atoms with van der Waals surface area (Å²) >= 11 is 0. The molecule has 1 atom stereocenters. The molecular formula is C21H15F3N6O2. The average molecular weight is 440 g/mol. The molecule has 4 rings (SSSR count). The molecule has 3 aromatic rings. The van der Waals surface area contributed by atoms with E-state index < -0.39 is 29.7 Å². The van der Waals surface area contributed by atoms with Crippen molar-refractivity contribution in [3.8, 4) is 6.07 Å². The Labute approximate surface area is 179 Å². The molecule has 0 bridgehead atoms. The van der Waals surface area contributed by atoms with E-state index in [0.29, 0.717) is 0 Å². The lowest BCUT2D eigenvalue weighted by Gasteiger charge is -2.33. The van der Waals surface area contributed by atoms with Crippen LogP contribution in [0.15, 0.2) is 54.9 Å². The highest BCUT2D eigenvalue weighted by Gasteiger charge is 2.36. The standard InChI is InChI=1S/C21H15F3N6O2/c22-21(23,24)13-3-5-14(6-4-13)29-11-17(26)30-15(9-25)8-16(18(30)20(29)32)28-19(31)12-2-1-7-27-10-12/h1-8,10,17H,11,26H2,(H,28,31)/t17-/m1/s1. The van der Waals surface area contributed by atoms with Crippen molar-refractivity contribution in [2.24, 2.45) is 5.73 Å². The molecule has 0 unspecified atom stereocenters. The number of nitriles is 1. The van der Waals surface area contributed by atoms with Crippen LogP contribution in [0.25, 0.3) is 0 Å². The number of alkyl halides is 3. The van der Waals surface area contributed by atoms with Crippen molar-refractivity contribution in [2.75, 3.05) is 16.8 Å². The Hall–Kier alpha value is -4.17. The molecule has 1 aliphatic heterocycles. The number of rotatable bonds is 3. The number of pyridine rings is 1.